The molecule has 1 aliphatic rings. The Morgan fingerprint density at radius 3 is 2.65 bits per heavy atom. The highest BCUT2D eigenvalue weighted by atomic mass is 35.5. The van der Waals surface area contributed by atoms with E-state index >= 15 is 0 Å². The van der Waals surface area contributed by atoms with Crippen LogP contribution < -0.4 is 5.32 Å². The number of carbonyl (C=O) groups is 1. The first-order valence-electron chi connectivity index (χ1n) is 7.85. The number of carbonyl (C=O) groups excluding carboxylic acids is 1. The predicted molar refractivity (Wildman–Crippen MR) is 91.6 cm³/mol. The molecule has 1 N–H and O–H groups in total. The smallest absolute Gasteiger partial charge is 0.257 e. The number of aryl methyl sites for hydroxylation is 1. The number of piperidine rings is 1. The van der Waals surface area contributed by atoms with E-state index in [0.717, 1.165) is 31.5 Å². The van der Waals surface area contributed by atoms with Crippen LogP contribution in [-0.4, -0.2) is 46.8 Å². The largest absolute Gasteiger partial charge is 0.338 e. The normalized spacial score (nSPS) is 15.9. The zero-order valence-corrected chi connectivity index (χ0v) is 14.2. The lowest BCUT2D eigenvalue weighted by atomic mass is 10.0. The average Bonchev–Trinajstić information content (AvgIpc) is 2.96. The monoisotopic (exact) mass is 332 g/mol. The first kappa shape index (κ1) is 16.0. The van der Waals surface area contributed by atoms with Gasteiger partial charge in [-0.05, 0) is 26.0 Å². The molecule has 1 amide bonds. The first-order valence-corrected chi connectivity index (χ1v) is 8.23. The maximum Gasteiger partial charge on any atom is 0.257 e. The van der Waals surface area contributed by atoms with E-state index in [0.29, 0.717) is 22.3 Å². The number of nitrogens with one attached hydrogen (secondary N) is 1. The highest BCUT2D eigenvalue weighted by Gasteiger charge is 2.26. The lowest BCUT2D eigenvalue weighted by Gasteiger charge is -2.31. The molecule has 6 heteroatoms. The predicted octanol–water partition coefficient (Wildman–Crippen LogP) is 2.56. The maximum atomic E-state index is 12.9. The van der Waals surface area contributed by atoms with Gasteiger partial charge in [0.2, 0.25) is 0 Å². The fourth-order valence-electron chi connectivity index (χ4n) is 3.04. The van der Waals surface area contributed by atoms with E-state index in [-0.39, 0.29) is 5.91 Å². The summed E-state index contributed by atoms with van der Waals surface area (Å²) in [7, 11) is 3.79. The summed E-state index contributed by atoms with van der Waals surface area (Å²) in [5.41, 5.74) is 2.06. The second-order valence-corrected chi connectivity index (χ2v) is 6.31. The second kappa shape index (κ2) is 6.72. The Hall–Kier alpha value is -1.85. The third-order valence-corrected chi connectivity index (χ3v) is 4.71. The number of amides is 1. The van der Waals surface area contributed by atoms with Crippen molar-refractivity contribution in [2.75, 3.05) is 20.1 Å². The van der Waals surface area contributed by atoms with Crippen molar-refractivity contribution in [1.29, 1.82) is 0 Å². The molecule has 0 radical (unpaired) electrons. The highest BCUT2D eigenvalue weighted by Crippen LogP contribution is 2.30. The molecule has 1 aromatic carbocycles. The molecule has 0 saturated carbocycles. The van der Waals surface area contributed by atoms with Gasteiger partial charge in [0.25, 0.3) is 5.91 Å². The number of benzene rings is 1. The molecule has 1 fully saturated rings. The Bertz CT molecular complexity index is 704. The van der Waals surface area contributed by atoms with Gasteiger partial charge in [0.1, 0.15) is 5.69 Å². The third kappa shape index (κ3) is 3.26. The van der Waals surface area contributed by atoms with Crippen LogP contribution in [0.15, 0.2) is 30.5 Å². The molecule has 0 bridgehead atoms. The summed E-state index contributed by atoms with van der Waals surface area (Å²) in [4.78, 5) is 14.8. The number of halogens is 1. The number of nitrogens with zero attached hydrogens (tertiary/aromatic N) is 3. The topological polar surface area (TPSA) is 50.2 Å². The molecule has 5 nitrogen and oxygen atoms in total. The van der Waals surface area contributed by atoms with Gasteiger partial charge < -0.3 is 10.2 Å². The van der Waals surface area contributed by atoms with Crippen molar-refractivity contribution >= 4 is 17.5 Å². The van der Waals surface area contributed by atoms with Gasteiger partial charge in [-0.25, -0.2) is 0 Å². The number of hydrogen-bond acceptors (Lipinski definition) is 3. The summed E-state index contributed by atoms with van der Waals surface area (Å²) in [6, 6.07) is 7.99. The molecule has 2 heterocycles. The van der Waals surface area contributed by atoms with E-state index < -0.39 is 0 Å². The molecule has 0 aliphatic carbocycles. The molecule has 23 heavy (non-hydrogen) atoms. The van der Waals surface area contributed by atoms with Crippen LogP contribution in [-0.2, 0) is 7.05 Å². The van der Waals surface area contributed by atoms with Crippen LogP contribution in [0.5, 0.6) is 0 Å². The van der Waals surface area contributed by atoms with Gasteiger partial charge in [-0.3, -0.25) is 9.48 Å². The van der Waals surface area contributed by atoms with Gasteiger partial charge in [0, 0.05) is 37.9 Å². The quantitative estimate of drug-likeness (QED) is 0.939. The number of rotatable bonds is 3. The zero-order chi connectivity index (χ0) is 16.4. The number of hydrogen-bond donors (Lipinski definition) is 1. The lowest BCUT2D eigenvalue weighted by molar-refractivity contribution is 0.0708. The van der Waals surface area contributed by atoms with E-state index in [2.05, 4.69) is 10.4 Å². The summed E-state index contributed by atoms with van der Waals surface area (Å²) < 4.78 is 1.67. The van der Waals surface area contributed by atoms with Crippen LogP contribution in [0.3, 0.4) is 0 Å². The lowest BCUT2D eigenvalue weighted by Crippen LogP contribution is -2.44. The minimum Gasteiger partial charge on any atom is -0.338 e. The minimum absolute atomic E-state index is 0.0302. The highest BCUT2D eigenvalue weighted by molar-refractivity contribution is 6.33. The molecule has 1 aromatic heterocycles. The summed E-state index contributed by atoms with van der Waals surface area (Å²) in [5.74, 6) is 0.0302. The molecular weight excluding hydrogens is 312 g/mol. The second-order valence-electron chi connectivity index (χ2n) is 5.90. The third-order valence-electron chi connectivity index (χ3n) is 4.38. The van der Waals surface area contributed by atoms with E-state index in [1.165, 1.54) is 0 Å². The fraction of sp³-hybridized carbons (Fsp3) is 0.412. The Balaban J connectivity index is 1.89. The summed E-state index contributed by atoms with van der Waals surface area (Å²) in [6.07, 6.45) is 3.74. The Morgan fingerprint density at radius 2 is 2.00 bits per heavy atom. The summed E-state index contributed by atoms with van der Waals surface area (Å²) in [5, 5.41) is 8.35. The van der Waals surface area contributed by atoms with Crippen molar-refractivity contribution < 1.29 is 4.79 Å². The maximum absolute atomic E-state index is 12.9. The van der Waals surface area contributed by atoms with Crippen LogP contribution in [0.2, 0.25) is 5.02 Å². The number of likely N-dealkylation sites (tertiary alicyclic amines) is 1. The van der Waals surface area contributed by atoms with E-state index in [9.17, 15) is 4.79 Å². The standard InChI is InChI=1S/C17H21ClN4O/c1-19-12-7-9-22(10-8-12)17(23)14-11-21(2)20-16(14)13-5-3-4-6-15(13)18/h3-6,11-12,19H,7-10H2,1-2H3. The zero-order valence-electron chi connectivity index (χ0n) is 13.4. The van der Waals surface area contributed by atoms with E-state index in [4.69, 9.17) is 11.6 Å². The molecule has 0 atom stereocenters. The molecule has 2 aromatic rings. The van der Waals surface area contributed by atoms with Gasteiger partial charge in [0.15, 0.2) is 0 Å². The fourth-order valence-corrected chi connectivity index (χ4v) is 3.26. The van der Waals surface area contributed by atoms with Crippen molar-refractivity contribution in [1.82, 2.24) is 20.0 Å². The molecule has 1 aliphatic heterocycles. The van der Waals surface area contributed by atoms with Crippen molar-refractivity contribution in [2.24, 2.45) is 7.05 Å². The van der Waals surface area contributed by atoms with E-state index in [1.54, 1.807) is 10.9 Å². The molecule has 0 spiro atoms. The average molecular weight is 333 g/mol. The van der Waals surface area contributed by atoms with Gasteiger partial charge in [0.05, 0.1) is 10.6 Å². The molecule has 0 unspecified atom stereocenters. The Kier molecular flexibility index (Phi) is 4.68. The minimum atomic E-state index is 0.0302. The Labute approximate surface area is 141 Å². The van der Waals surface area contributed by atoms with Gasteiger partial charge in [-0.15, -0.1) is 0 Å². The molecule has 3 rings (SSSR count). The SMILES string of the molecule is CNC1CCN(C(=O)c2cn(C)nc2-c2ccccc2Cl)CC1. The van der Waals surface area contributed by atoms with Crippen molar-refractivity contribution in [2.45, 2.75) is 18.9 Å². The number of aromatic nitrogens is 2. The molecule has 1 saturated heterocycles. The van der Waals surface area contributed by atoms with E-state index in [1.807, 2.05) is 43.3 Å². The van der Waals surface area contributed by atoms with Gasteiger partial charge >= 0.3 is 0 Å². The molecule has 122 valence electrons. The summed E-state index contributed by atoms with van der Waals surface area (Å²) >= 11 is 6.29. The van der Waals surface area contributed by atoms with Crippen LogP contribution in [0.1, 0.15) is 23.2 Å². The van der Waals surface area contributed by atoms with Crippen LogP contribution in [0.25, 0.3) is 11.3 Å². The molecular formula is C17H21ClN4O. The summed E-state index contributed by atoms with van der Waals surface area (Å²) in [6.45, 7) is 1.53. The van der Waals surface area contributed by atoms with Crippen molar-refractivity contribution in [3.8, 4) is 11.3 Å². The van der Waals surface area contributed by atoms with Gasteiger partial charge in [-0.1, -0.05) is 29.8 Å². The first-order chi connectivity index (χ1) is 11.1. The van der Waals surface area contributed by atoms with Crippen LogP contribution in [0, 0.1) is 0 Å². The van der Waals surface area contributed by atoms with Crippen LogP contribution >= 0.6 is 11.6 Å². The van der Waals surface area contributed by atoms with Crippen molar-refractivity contribution in [3.63, 3.8) is 0 Å². The van der Waals surface area contributed by atoms with Crippen molar-refractivity contribution in [3.05, 3.63) is 41.0 Å². The van der Waals surface area contributed by atoms with Gasteiger partial charge in [-0.2, -0.15) is 5.10 Å². The van der Waals surface area contributed by atoms with Crippen LogP contribution in [0.4, 0.5) is 0 Å². The Morgan fingerprint density at radius 1 is 1.30 bits per heavy atom.